The van der Waals surface area contributed by atoms with Gasteiger partial charge in [-0.15, -0.1) is 0 Å². The topological polar surface area (TPSA) is 137 Å². The number of hydrazone groups is 1. The Bertz CT molecular complexity index is 1350. The Hall–Kier alpha value is -3.64. The van der Waals surface area contributed by atoms with Crippen molar-refractivity contribution in [2.24, 2.45) is 5.10 Å². The zero-order valence-corrected chi connectivity index (χ0v) is 17.5. The number of nitro groups is 1. The van der Waals surface area contributed by atoms with Gasteiger partial charge in [-0.05, 0) is 18.2 Å². The Balaban J connectivity index is 1.76. The first-order valence-corrected chi connectivity index (χ1v) is 11.1. The summed E-state index contributed by atoms with van der Waals surface area (Å²) in [4.78, 5) is 10.5. The SMILES string of the molecule is C=[N+]1CNN=C1Sc1cc(NS(=O)(=O)c2ccc([N+](=O)[O-])cc2)c2ccccc2c1O. The largest absolute Gasteiger partial charge is 0.506 e. The normalized spacial score (nSPS) is 13.7. The number of thioether (sulfide) groups is 1. The molecule has 0 amide bonds. The summed E-state index contributed by atoms with van der Waals surface area (Å²) in [7, 11) is -4.04. The average molecular weight is 459 g/mol. The van der Waals surface area contributed by atoms with Crippen molar-refractivity contribution in [3.8, 4) is 5.75 Å². The van der Waals surface area contributed by atoms with Crippen LogP contribution in [0.1, 0.15) is 0 Å². The molecule has 1 aliphatic heterocycles. The standard InChI is InChI=1S/C19H15N5O5S2/c1-23-11-20-21-19(23)30-17-10-16(14-4-2-3-5-15(14)18(17)25)22-31(28,29)13-8-6-12(7-9-13)24(26)27/h2-10,20,22H,1,11H2/p+1. The first kappa shape index (κ1) is 20.6. The van der Waals surface area contributed by atoms with Gasteiger partial charge in [0.25, 0.3) is 15.7 Å². The van der Waals surface area contributed by atoms with E-state index in [1.807, 2.05) is 0 Å². The van der Waals surface area contributed by atoms with E-state index in [0.29, 0.717) is 27.5 Å². The van der Waals surface area contributed by atoms with E-state index < -0.39 is 14.9 Å². The van der Waals surface area contributed by atoms with Gasteiger partial charge in [0, 0.05) is 34.7 Å². The van der Waals surface area contributed by atoms with Crippen molar-refractivity contribution in [3.63, 3.8) is 0 Å². The number of rotatable bonds is 5. The summed E-state index contributed by atoms with van der Waals surface area (Å²) in [6.45, 7) is 4.24. The smallest absolute Gasteiger partial charge is 0.389 e. The number of anilines is 1. The number of nitrogens with zero attached hydrogens (tertiary/aromatic N) is 3. The maximum atomic E-state index is 12.9. The Labute approximate surface area is 181 Å². The van der Waals surface area contributed by atoms with Crippen molar-refractivity contribution in [2.75, 3.05) is 11.4 Å². The van der Waals surface area contributed by atoms with Gasteiger partial charge < -0.3 is 5.11 Å². The van der Waals surface area contributed by atoms with Gasteiger partial charge in [-0.1, -0.05) is 24.3 Å². The highest BCUT2D eigenvalue weighted by molar-refractivity contribution is 8.13. The maximum Gasteiger partial charge on any atom is 0.389 e. The molecule has 1 aliphatic rings. The Kier molecular flexibility index (Phi) is 5.25. The lowest BCUT2D eigenvalue weighted by Crippen LogP contribution is -2.15. The van der Waals surface area contributed by atoms with Gasteiger partial charge in [0.2, 0.25) is 0 Å². The van der Waals surface area contributed by atoms with Crippen molar-refractivity contribution in [1.29, 1.82) is 0 Å². The molecule has 3 aromatic rings. The summed E-state index contributed by atoms with van der Waals surface area (Å²) in [6, 6.07) is 12.9. The van der Waals surface area contributed by atoms with Crippen molar-refractivity contribution >= 4 is 55.8 Å². The molecule has 0 spiro atoms. The number of amidine groups is 1. The molecule has 10 nitrogen and oxygen atoms in total. The van der Waals surface area contributed by atoms with E-state index in [-0.39, 0.29) is 22.0 Å². The predicted molar refractivity (Wildman–Crippen MR) is 118 cm³/mol. The van der Waals surface area contributed by atoms with Crippen LogP contribution in [0.15, 0.2) is 69.5 Å². The molecule has 0 bridgehead atoms. The van der Waals surface area contributed by atoms with Crippen LogP contribution in [-0.4, -0.2) is 41.6 Å². The molecule has 0 radical (unpaired) electrons. The molecule has 0 aliphatic carbocycles. The van der Waals surface area contributed by atoms with Crippen LogP contribution in [0.25, 0.3) is 10.8 Å². The van der Waals surface area contributed by atoms with E-state index in [1.165, 1.54) is 6.07 Å². The summed E-state index contributed by atoms with van der Waals surface area (Å²) in [5, 5.41) is 27.1. The third kappa shape index (κ3) is 4.02. The fraction of sp³-hybridized carbons (Fsp3) is 0.0526. The van der Waals surface area contributed by atoms with Crippen molar-refractivity contribution in [1.82, 2.24) is 5.43 Å². The van der Waals surface area contributed by atoms with Crippen LogP contribution in [0.3, 0.4) is 0 Å². The third-order valence-corrected chi connectivity index (χ3v) is 6.94. The number of phenols is 1. The Morgan fingerprint density at radius 3 is 2.48 bits per heavy atom. The van der Waals surface area contributed by atoms with Gasteiger partial charge >= 0.3 is 5.17 Å². The molecule has 0 saturated heterocycles. The molecule has 0 fully saturated rings. The number of benzene rings is 3. The minimum atomic E-state index is -4.04. The van der Waals surface area contributed by atoms with Gasteiger partial charge in [-0.2, -0.15) is 5.43 Å². The van der Waals surface area contributed by atoms with Gasteiger partial charge in [-0.25, -0.2) is 13.0 Å². The van der Waals surface area contributed by atoms with Crippen molar-refractivity contribution < 1.29 is 23.0 Å². The first-order valence-electron chi connectivity index (χ1n) is 8.85. The molecule has 3 N–H and O–H groups in total. The molecule has 158 valence electrons. The summed E-state index contributed by atoms with van der Waals surface area (Å²) in [6.07, 6.45) is 0. The molecular formula is C19H16N5O5S2+. The number of hydrogen-bond acceptors (Lipinski definition) is 8. The second kappa shape index (κ2) is 7.89. The first-order chi connectivity index (χ1) is 14.8. The summed E-state index contributed by atoms with van der Waals surface area (Å²) in [5.41, 5.74) is 2.81. The second-order valence-electron chi connectivity index (χ2n) is 6.53. The highest BCUT2D eigenvalue weighted by Crippen LogP contribution is 2.41. The van der Waals surface area contributed by atoms with Crippen LogP contribution < -0.4 is 10.1 Å². The van der Waals surface area contributed by atoms with Gasteiger partial charge in [0.1, 0.15) is 5.75 Å². The van der Waals surface area contributed by atoms with Crippen LogP contribution in [0.4, 0.5) is 11.4 Å². The highest BCUT2D eigenvalue weighted by atomic mass is 32.2. The number of sulfonamides is 1. The highest BCUT2D eigenvalue weighted by Gasteiger charge is 2.25. The molecular weight excluding hydrogens is 442 g/mol. The molecule has 0 saturated carbocycles. The zero-order valence-electron chi connectivity index (χ0n) is 15.8. The van der Waals surface area contributed by atoms with Crippen LogP contribution in [-0.2, 0) is 10.0 Å². The van der Waals surface area contributed by atoms with Crippen molar-refractivity contribution in [3.05, 3.63) is 64.7 Å². The fourth-order valence-electron chi connectivity index (χ4n) is 2.96. The lowest BCUT2D eigenvalue weighted by atomic mass is 10.1. The zero-order chi connectivity index (χ0) is 22.2. The molecule has 0 atom stereocenters. The van der Waals surface area contributed by atoms with Gasteiger partial charge in [0.15, 0.2) is 6.67 Å². The molecule has 0 unspecified atom stereocenters. The lowest BCUT2D eigenvalue weighted by Gasteiger charge is -2.14. The molecule has 0 aromatic heterocycles. The molecule has 3 aromatic carbocycles. The Morgan fingerprint density at radius 2 is 1.87 bits per heavy atom. The number of nitro benzene ring substituents is 1. The number of phenolic OH excluding ortho intramolecular Hbond substituents is 1. The van der Waals surface area contributed by atoms with Gasteiger partial charge in [-0.3, -0.25) is 14.8 Å². The van der Waals surface area contributed by atoms with Crippen molar-refractivity contribution in [2.45, 2.75) is 9.79 Å². The average Bonchev–Trinajstić information content (AvgIpc) is 3.16. The monoisotopic (exact) mass is 458 g/mol. The number of nitrogens with one attached hydrogen (secondary N) is 2. The van der Waals surface area contributed by atoms with E-state index in [2.05, 4.69) is 22.0 Å². The van der Waals surface area contributed by atoms with Crippen LogP contribution in [0.2, 0.25) is 0 Å². The number of non-ortho nitro benzene ring substituents is 1. The number of hydrogen-bond donors (Lipinski definition) is 3. The maximum absolute atomic E-state index is 12.9. The summed E-state index contributed by atoms with van der Waals surface area (Å²) in [5.74, 6) is -0.0121. The summed E-state index contributed by atoms with van der Waals surface area (Å²) >= 11 is 1.13. The third-order valence-electron chi connectivity index (χ3n) is 4.49. The predicted octanol–water partition coefficient (Wildman–Crippen LogP) is 2.89. The lowest BCUT2D eigenvalue weighted by molar-refractivity contribution is -0.386. The summed E-state index contributed by atoms with van der Waals surface area (Å²) < 4.78 is 30.0. The Morgan fingerprint density at radius 1 is 1.19 bits per heavy atom. The van der Waals surface area contributed by atoms with Crippen LogP contribution in [0, 0.1) is 10.1 Å². The van der Waals surface area contributed by atoms with E-state index in [9.17, 15) is 23.6 Å². The van der Waals surface area contributed by atoms with Crippen LogP contribution >= 0.6 is 11.8 Å². The number of fused-ring (bicyclic) bond motifs is 1. The second-order valence-corrected chi connectivity index (χ2v) is 9.22. The minimum Gasteiger partial charge on any atom is -0.506 e. The number of aromatic hydroxyl groups is 1. The molecule has 31 heavy (non-hydrogen) atoms. The van der Waals surface area contributed by atoms with E-state index in [1.54, 1.807) is 28.8 Å². The van der Waals surface area contributed by atoms with Crippen LogP contribution in [0.5, 0.6) is 5.75 Å². The molecule has 4 rings (SSSR count). The van der Waals surface area contributed by atoms with E-state index in [4.69, 9.17) is 0 Å². The quantitative estimate of drug-likeness (QED) is 0.231. The fourth-order valence-corrected chi connectivity index (χ4v) is 4.91. The van der Waals surface area contributed by atoms with E-state index >= 15 is 0 Å². The molecule has 1 heterocycles. The minimum absolute atomic E-state index is 0.0121. The van der Waals surface area contributed by atoms with Gasteiger partial charge in [0.05, 0.1) is 32.2 Å². The van der Waals surface area contributed by atoms with E-state index in [0.717, 1.165) is 36.0 Å². The molecule has 12 heteroatoms.